The predicted molar refractivity (Wildman–Crippen MR) is 135 cm³/mol. The van der Waals surface area contributed by atoms with Gasteiger partial charge >= 0.3 is 0 Å². The van der Waals surface area contributed by atoms with Gasteiger partial charge < -0.3 is 5.11 Å². The Balaban J connectivity index is 1.59. The number of fused-ring (bicyclic) bond motifs is 1. The van der Waals surface area contributed by atoms with Crippen LogP contribution in [0.15, 0.2) is 53.4 Å². The Morgan fingerprint density at radius 3 is 2.44 bits per heavy atom. The highest BCUT2D eigenvalue weighted by Crippen LogP contribution is 2.42. The maximum absolute atomic E-state index is 13.6. The lowest BCUT2D eigenvalue weighted by molar-refractivity contribution is -0.0553. The van der Waals surface area contributed by atoms with Crippen LogP contribution >= 0.6 is 0 Å². The number of nitrogens with zero attached hydrogens (tertiary/aromatic N) is 3. The van der Waals surface area contributed by atoms with Crippen LogP contribution in [-0.2, 0) is 10.0 Å². The SMILES string of the molecule is Cc1ccccc1S(=O)(=O)N1CCCCN2[C@H](CO)[C@@H](c3ccc(C#CCN(C)C)cc3)[C@H]2C1. The van der Waals surface area contributed by atoms with Crippen molar-refractivity contribution < 1.29 is 13.5 Å². The third kappa shape index (κ3) is 5.07. The lowest BCUT2D eigenvalue weighted by Gasteiger charge is -2.57. The third-order valence-electron chi connectivity index (χ3n) is 6.97. The number of sulfonamides is 1. The first-order valence-corrected chi connectivity index (χ1v) is 13.4. The average Bonchev–Trinajstić information content (AvgIpc) is 2.78. The Morgan fingerprint density at radius 2 is 1.76 bits per heavy atom. The minimum absolute atomic E-state index is 0.0109. The predicted octanol–water partition coefficient (Wildman–Crippen LogP) is 2.52. The summed E-state index contributed by atoms with van der Waals surface area (Å²) in [6.45, 7) is 4.47. The summed E-state index contributed by atoms with van der Waals surface area (Å²) >= 11 is 0. The fourth-order valence-electron chi connectivity index (χ4n) is 5.20. The fourth-order valence-corrected chi connectivity index (χ4v) is 6.92. The summed E-state index contributed by atoms with van der Waals surface area (Å²) in [5, 5.41) is 10.2. The zero-order valence-corrected chi connectivity index (χ0v) is 21.1. The highest BCUT2D eigenvalue weighted by molar-refractivity contribution is 7.89. The van der Waals surface area contributed by atoms with E-state index >= 15 is 0 Å². The van der Waals surface area contributed by atoms with Crippen LogP contribution < -0.4 is 0 Å². The van der Waals surface area contributed by atoms with Crippen molar-refractivity contribution >= 4 is 10.0 Å². The molecule has 0 amide bonds. The largest absolute Gasteiger partial charge is 0.395 e. The summed E-state index contributed by atoms with van der Waals surface area (Å²) < 4.78 is 28.8. The molecule has 7 heteroatoms. The minimum atomic E-state index is -3.59. The smallest absolute Gasteiger partial charge is 0.243 e. The number of rotatable bonds is 5. The molecule has 2 saturated heterocycles. The molecule has 6 nitrogen and oxygen atoms in total. The molecule has 4 rings (SSSR count). The molecule has 0 spiro atoms. The van der Waals surface area contributed by atoms with Crippen LogP contribution in [0.4, 0.5) is 0 Å². The summed E-state index contributed by atoms with van der Waals surface area (Å²) in [4.78, 5) is 4.72. The van der Waals surface area contributed by atoms with Crippen LogP contribution in [0.1, 0.15) is 35.4 Å². The van der Waals surface area contributed by atoms with Gasteiger partial charge in [-0.3, -0.25) is 9.80 Å². The molecule has 1 N–H and O–H groups in total. The lowest BCUT2D eigenvalue weighted by atomic mass is 9.74. The Morgan fingerprint density at radius 1 is 1.06 bits per heavy atom. The van der Waals surface area contributed by atoms with E-state index in [2.05, 4.69) is 28.9 Å². The molecule has 182 valence electrons. The molecule has 34 heavy (non-hydrogen) atoms. The van der Waals surface area contributed by atoms with Gasteiger partial charge in [-0.25, -0.2) is 8.42 Å². The molecule has 0 radical (unpaired) electrons. The van der Waals surface area contributed by atoms with E-state index in [4.69, 9.17) is 0 Å². The van der Waals surface area contributed by atoms with E-state index < -0.39 is 10.0 Å². The molecule has 2 aliphatic rings. The Hall–Kier alpha value is -2.21. The first-order chi connectivity index (χ1) is 16.3. The van der Waals surface area contributed by atoms with Crippen LogP contribution in [0.25, 0.3) is 0 Å². The Labute approximate surface area is 204 Å². The van der Waals surface area contributed by atoms with E-state index in [1.54, 1.807) is 16.4 Å². The number of aliphatic hydroxyl groups is 1. The van der Waals surface area contributed by atoms with Crippen molar-refractivity contribution in [2.75, 3.05) is 46.9 Å². The van der Waals surface area contributed by atoms with Crippen molar-refractivity contribution in [2.45, 2.75) is 42.7 Å². The third-order valence-corrected chi connectivity index (χ3v) is 8.99. The van der Waals surface area contributed by atoms with Crippen molar-refractivity contribution in [1.29, 1.82) is 0 Å². The van der Waals surface area contributed by atoms with Gasteiger partial charge in [0.15, 0.2) is 0 Å². The highest BCUT2D eigenvalue weighted by Gasteiger charge is 2.50. The normalized spacial score (nSPS) is 23.9. The molecule has 2 aromatic carbocycles. The van der Waals surface area contributed by atoms with E-state index in [0.29, 0.717) is 24.5 Å². The van der Waals surface area contributed by atoms with E-state index in [0.717, 1.165) is 36.1 Å². The maximum atomic E-state index is 13.6. The molecule has 2 aliphatic heterocycles. The van der Waals surface area contributed by atoms with Crippen LogP contribution in [0.5, 0.6) is 0 Å². The van der Waals surface area contributed by atoms with Crippen LogP contribution in [0, 0.1) is 18.8 Å². The fraction of sp³-hybridized carbons (Fsp3) is 0.481. The van der Waals surface area contributed by atoms with Crippen molar-refractivity contribution in [2.24, 2.45) is 0 Å². The average molecular weight is 482 g/mol. The summed E-state index contributed by atoms with van der Waals surface area (Å²) in [5.74, 6) is 6.43. The molecular weight excluding hydrogens is 446 g/mol. The Bertz CT molecular complexity index is 1150. The standard InChI is InChI=1S/C27H35N3O3S/c1-21-9-4-5-11-26(21)34(32,33)29-17-6-7-18-30-24(19-29)27(25(30)20-31)23-14-12-22(13-15-23)10-8-16-28(2)3/h4-5,9,11-15,24-25,27,31H,6-7,16-20H2,1-3H3/t24-,25-,27+/m1/s1. The maximum Gasteiger partial charge on any atom is 0.243 e. The van der Waals surface area contributed by atoms with Crippen LogP contribution in [0.2, 0.25) is 0 Å². The van der Waals surface area contributed by atoms with Crippen LogP contribution in [0.3, 0.4) is 0 Å². The van der Waals surface area contributed by atoms with Gasteiger partial charge in [0.25, 0.3) is 0 Å². The van der Waals surface area contributed by atoms with Gasteiger partial charge in [-0.2, -0.15) is 4.31 Å². The van der Waals surface area contributed by atoms with Crippen LogP contribution in [-0.4, -0.2) is 86.6 Å². The van der Waals surface area contributed by atoms with Gasteiger partial charge in [-0.1, -0.05) is 42.2 Å². The molecule has 0 saturated carbocycles. The quantitative estimate of drug-likeness (QED) is 0.665. The molecule has 2 heterocycles. The molecule has 3 atom stereocenters. The summed E-state index contributed by atoms with van der Waals surface area (Å²) in [5.41, 5.74) is 2.86. The zero-order valence-electron chi connectivity index (χ0n) is 20.3. The number of aryl methyl sites for hydroxylation is 1. The van der Waals surface area contributed by atoms with E-state index in [-0.39, 0.29) is 24.6 Å². The lowest BCUT2D eigenvalue weighted by Crippen LogP contribution is -2.67. The number of aliphatic hydroxyl groups excluding tert-OH is 1. The Kier molecular flexibility index (Phi) is 7.76. The molecular formula is C27H35N3O3S. The van der Waals surface area contributed by atoms with E-state index in [9.17, 15) is 13.5 Å². The molecule has 0 aliphatic carbocycles. The van der Waals surface area contributed by atoms with E-state index in [1.165, 1.54) is 0 Å². The van der Waals surface area contributed by atoms with Gasteiger partial charge in [0.2, 0.25) is 10.0 Å². The topological polar surface area (TPSA) is 64.1 Å². The van der Waals surface area contributed by atoms with Crippen molar-refractivity contribution in [3.05, 3.63) is 65.2 Å². The van der Waals surface area contributed by atoms with Gasteiger partial charge in [-0.05, 0) is 69.7 Å². The van der Waals surface area contributed by atoms with Crippen molar-refractivity contribution in [1.82, 2.24) is 14.1 Å². The van der Waals surface area contributed by atoms with Gasteiger partial charge in [0.1, 0.15) is 0 Å². The number of benzene rings is 2. The summed E-state index contributed by atoms with van der Waals surface area (Å²) in [6, 6.07) is 15.5. The summed E-state index contributed by atoms with van der Waals surface area (Å²) in [7, 11) is 0.399. The van der Waals surface area contributed by atoms with Gasteiger partial charge in [0.05, 0.1) is 18.0 Å². The monoisotopic (exact) mass is 481 g/mol. The summed E-state index contributed by atoms with van der Waals surface area (Å²) in [6.07, 6.45) is 1.73. The first-order valence-electron chi connectivity index (χ1n) is 12.0. The molecule has 0 bridgehead atoms. The highest BCUT2D eigenvalue weighted by atomic mass is 32.2. The van der Waals surface area contributed by atoms with Gasteiger partial charge in [0, 0.05) is 36.7 Å². The van der Waals surface area contributed by atoms with Gasteiger partial charge in [-0.15, -0.1) is 0 Å². The molecule has 0 unspecified atom stereocenters. The second-order valence-electron chi connectivity index (χ2n) is 9.58. The minimum Gasteiger partial charge on any atom is -0.395 e. The molecule has 0 aromatic heterocycles. The first kappa shape index (κ1) is 24.9. The molecule has 2 fully saturated rings. The second-order valence-corrected chi connectivity index (χ2v) is 11.5. The van der Waals surface area contributed by atoms with Crippen molar-refractivity contribution in [3.63, 3.8) is 0 Å². The second kappa shape index (κ2) is 10.6. The number of hydrogen-bond acceptors (Lipinski definition) is 5. The number of hydrogen-bond donors (Lipinski definition) is 1. The van der Waals surface area contributed by atoms with E-state index in [1.807, 2.05) is 50.2 Å². The molecule has 2 aromatic rings. The van der Waals surface area contributed by atoms with Crippen molar-refractivity contribution in [3.8, 4) is 11.8 Å². The zero-order chi connectivity index (χ0) is 24.3.